The fourth-order valence-electron chi connectivity index (χ4n) is 1.47. The Morgan fingerprint density at radius 2 is 1.74 bits per heavy atom. The Labute approximate surface area is 111 Å². The van der Waals surface area contributed by atoms with Crippen molar-refractivity contribution >= 4 is 17.7 Å². The lowest BCUT2D eigenvalue weighted by Crippen LogP contribution is -2.28. The third-order valence-corrected chi connectivity index (χ3v) is 2.26. The van der Waals surface area contributed by atoms with E-state index in [0.29, 0.717) is 11.6 Å². The van der Waals surface area contributed by atoms with Gasteiger partial charge in [0.05, 0.1) is 0 Å². The summed E-state index contributed by atoms with van der Waals surface area (Å²) >= 11 is 0. The molecular weight excluding hydrogens is 242 g/mol. The molecule has 2 heterocycles. The highest BCUT2D eigenvalue weighted by Gasteiger charge is 2.21. The van der Waals surface area contributed by atoms with Crippen molar-refractivity contribution in [3.63, 3.8) is 0 Å². The topological polar surface area (TPSA) is 55.3 Å². The fourth-order valence-corrected chi connectivity index (χ4v) is 1.47. The number of rotatable bonds is 4. The third-order valence-electron chi connectivity index (χ3n) is 2.26. The summed E-state index contributed by atoms with van der Waals surface area (Å²) < 4.78 is 5.05. The van der Waals surface area contributed by atoms with Crippen LogP contribution in [0, 0.1) is 0 Å². The van der Waals surface area contributed by atoms with Gasteiger partial charge in [0.1, 0.15) is 18.2 Å². The van der Waals surface area contributed by atoms with Crippen molar-refractivity contribution in [2.24, 2.45) is 0 Å². The first-order chi connectivity index (χ1) is 9.33. The average molecular weight is 255 g/mol. The summed E-state index contributed by atoms with van der Waals surface area (Å²) in [6.07, 6.45) is 4.17. The van der Waals surface area contributed by atoms with Gasteiger partial charge in [-0.05, 0) is 24.3 Å². The average Bonchev–Trinajstić information content (AvgIpc) is 2.47. The van der Waals surface area contributed by atoms with Gasteiger partial charge in [0.15, 0.2) is 0 Å². The highest BCUT2D eigenvalue weighted by molar-refractivity contribution is 5.93. The summed E-state index contributed by atoms with van der Waals surface area (Å²) in [6, 6.07) is 10.6. The Hall–Kier alpha value is -2.69. The van der Waals surface area contributed by atoms with E-state index in [9.17, 15) is 4.79 Å². The Morgan fingerprint density at radius 1 is 1.16 bits per heavy atom. The molecule has 0 aliphatic rings. The van der Waals surface area contributed by atoms with Gasteiger partial charge >= 0.3 is 6.09 Å². The molecule has 2 aromatic heterocycles. The molecule has 5 nitrogen and oxygen atoms in total. The second-order valence-electron chi connectivity index (χ2n) is 3.58. The van der Waals surface area contributed by atoms with Gasteiger partial charge in [0.25, 0.3) is 0 Å². The summed E-state index contributed by atoms with van der Waals surface area (Å²) in [5.74, 6) is 0.908. The molecule has 0 bridgehead atoms. The molecule has 5 heteroatoms. The first-order valence-corrected chi connectivity index (χ1v) is 5.73. The number of anilines is 2. The first-order valence-electron chi connectivity index (χ1n) is 5.73. The molecule has 0 fully saturated rings. The second-order valence-corrected chi connectivity index (χ2v) is 3.58. The largest absolute Gasteiger partial charge is 0.445 e. The Bertz CT molecular complexity index is 504. The number of carbonyl (C=O) groups is 1. The molecule has 96 valence electrons. The maximum Gasteiger partial charge on any atom is 0.421 e. The van der Waals surface area contributed by atoms with Crippen LogP contribution >= 0.6 is 0 Å². The highest BCUT2D eigenvalue weighted by atomic mass is 16.6. The van der Waals surface area contributed by atoms with Gasteiger partial charge in [-0.2, -0.15) is 0 Å². The monoisotopic (exact) mass is 255 g/mol. The van der Waals surface area contributed by atoms with Crippen molar-refractivity contribution in [3.8, 4) is 0 Å². The maximum atomic E-state index is 12.1. The standard InChI is InChI=1S/C14H13N3O2/c1-2-11-19-14(18)17(12-7-3-5-9-15-12)13-8-4-6-10-16-13/h2-10H,1,11H2. The van der Waals surface area contributed by atoms with Crippen molar-refractivity contribution in [1.82, 2.24) is 9.97 Å². The predicted octanol–water partition coefficient (Wildman–Crippen LogP) is 2.94. The van der Waals surface area contributed by atoms with Gasteiger partial charge in [-0.25, -0.2) is 19.7 Å². The van der Waals surface area contributed by atoms with Crippen LogP contribution in [0.25, 0.3) is 0 Å². The van der Waals surface area contributed by atoms with E-state index in [1.165, 1.54) is 11.0 Å². The Morgan fingerprint density at radius 3 is 2.16 bits per heavy atom. The first kappa shape index (κ1) is 12.8. The summed E-state index contributed by atoms with van der Waals surface area (Å²) in [5, 5.41) is 0. The quantitative estimate of drug-likeness (QED) is 0.788. The molecule has 0 aliphatic carbocycles. The lowest BCUT2D eigenvalue weighted by atomic mass is 10.4. The number of amides is 1. The van der Waals surface area contributed by atoms with Crippen molar-refractivity contribution in [1.29, 1.82) is 0 Å². The molecule has 0 unspecified atom stereocenters. The van der Waals surface area contributed by atoms with Gasteiger partial charge in [0.2, 0.25) is 0 Å². The smallest absolute Gasteiger partial charge is 0.421 e. The Balaban J connectivity index is 2.34. The molecule has 0 spiro atoms. The van der Waals surface area contributed by atoms with Crippen LogP contribution in [0.4, 0.5) is 16.4 Å². The van der Waals surface area contributed by atoms with Crippen molar-refractivity contribution in [3.05, 3.63) is 61.4 Å². The number of nitrogens with zero attached hydrogens (tertiary/aromatic N) is 3. The molecule has 0 radical (unpaired) electrons. The van der Waals surface area contributed by atoms with E-state index in [4.69, 9.17) is 4.74 Å². The van der Waals surface area contributed by atoms with Crippen LogP contribution in [0.15, 0.2) is 61.4 Å². The fraction of sp³-hybridized carbons (Fsp3) is 0.0714. The van der Waals surface area contributed by atoms with Crippen LogP contribution < -0.4 is 4.90 Å². The number of hydrogen-bond acceptors (Lipinski definition) is 4. The molecule has 0 saturated heterocycles. The van der Waals surface area contributed by atoms with Gasteiger partial charge in [0, 0.05) is 12.4 Å². The van der Waals surface area contributed by atoms with Crippen LogP contribution in [-0.4, -0.2) is 22.7 Å². The lowest BCUT2D eigenvalue weighted by Gasteiger charge is -2.19. The minimum Gasteiger partial charge on any atom is -0.445 e. The van der Waals surface area contributed by atoms with Crippen LogP contribution in [0.2, 0.25) is 0 Å². The summed E-state index contributed by atoms with van der Waals surface area (Å²) in [7, 11) is 0. The van der Waals surface area contributed by atoms with E-state index in [0.717, 1.165) is 0 Å². The molecule has 2 rings (SSSR count). The molecule has 0 N–H and O–H groups in total. The van der Waals surface area contributed by atoms with Crippen LogP contribution in [0.5, 0.6) is 0 Å². The van der Waals surface area contributed by atoms with Crippen LogP contribution in [0.1, 0.15) is 0 Å². The maximum absolute atomic E-state index is 12.1. The number of ether oxygens (including phenoxy) is 1. The molecular formula is C14H13N3O2. The lowest BCUT2D eigenvalue weighted by molar-refractivity contribution is 0.168. The summed E-state index contributed by atoms with van der Waals surface area (Å²) in [4.78, 5) is 21.7. The van der Waals surface area contributed by atoms with E-state index in [2.05, 4.69) is 16.5 Å². The van der Waals surface area contributed by atoms with E-state index in [1.807, 2.05) is 0 Å². The van der Waals surface area contributed by atoms with Crippen LogP contribution in [0.3, 0.4) is 0 Å². The van der Waals surface area contributed by atoms with E-state index < -0.39 is 6.09 Å². The SMILES string of the molecule is C=CCOC(=O)N(c1ccccn1)c1ccccn1. The minimum absolute atomic E-state index is 0.134. The van der Waals surface area contributed by atoms with E-state index >= 15 is 0 Å². The zero-order chi connectivity index (χ0) is 13.5. The van der Waals surface area contributed by atoms with Gasteiger partial charge in [-0.3, -0.25) is 0 Å². The van der Waals surface area contributed by atoms with Crippen LogP contribution in [-0.2, 0) is 4.74 Å². The summed E-state index contributed by atoms with van der Waals surface area (Å²) in [6.45, 7) is 3.64. The van der Waals surface area contributed by atoms with Gasteiger partial charge < -0.3 is 4.74 Å². The number of hydrogen-bond donors (Lipinski definition) is 0. The molecule has 0 aromatic carbocycles. The zero-order valence-electron chi connectivity index (χ0n) is 10.3. The molecule has 0 saturated carbocycles. The predicted molar refractivity (Wildman–Crippen MR) is 72.2 cm³/mol. The Kier molecular flexibility index (Phi) is 4.23. The van der Waals surface area contributed by atoms with Crippen molar-refractivity contribution in [2.45, 2.75) is 0 Å². The summed E-state index contributed by atoms with van der Waals surface area (Å²) in [5.41, 5.74) is 0. The number of aromatic nitrogens is 2. The van der Waals surface area contributed by atoms with E-state index in [1.54, 1.807) is 48.8 Å². The third kappa shape index (κ3) is 3.16. The minimum atomic E-state index is -0.544. The molecule has 1 amide bonds. The molecule has 19 heavy (non-hydrogen) atoms. The highest BCUT2D eigenvalue weighted by Crippen LogP contribution is 2.21. The van der Waals surface area contributed by atoms with Crippen molar-refractivity contribution < 1.29 is 9.53 Å². The van der Waals surface area contributed by atoms with E-state index in [-0.39, 0.29) is 6.61 Å². The van der Waals surface area contributed by atoms with Gasteiger partial charge in [-0.1, -0.05) is 24.8 Å². The van der Waals surface area contributed by atoms with Crippen molar-refractivity contribution in [2.75, 3.05) is 11.5 Å². The molecule has 0 atom stereocenters. The molecule has 0 aliphatic heterocycles. The molecule has 2 aromatic rings. The number of carbonyl (C=O) groups excluding carboxylic acids is 1. The zero-order valence-corrected chi connectivity index (χ0v) is 10.3. The second kappa shape index (κ2) is 6.30. The number of pyridine rings is 2. The normalized spacial score (nSPS) is 9.68. The van der Waals surface area contributed by atoms with Gasteiger partial charge in [-0.15, -0.1) is 0 Å².